The fourth-order valence-corrected chi connectivity index (χ4v) is 3.47. The van der Waals surface area contributed by atoms with Crippen molar-refractivity contribution < 1.29 is 9.18 Å². The number of benzene rings is 1. The van der Waals surface area contributed by atoms with Crippen LogP contribution >= 0.6 is 23.7 Å². The Morgan fingerprint density at radius 3 is 2.61 bits per heavy atom. The minimum absolute atomic E-state index is 0. The smallest absolute Gasteiger partial charge is 0.226 e. The van der Waals surface area contributed by atoms with Gasteiger partial charge in [-0.3, -0.25) is 4.79 Å². The summed E-state index contributed by atoms with van der Waals surface area (Å²) < 4.78 is 13.0. The Hall–Kier alpha value is -1.50. The molecule has 3 rings (SSSR count). The molecule has 1 aliphatic heterocycles. The van der Waals surface area contributed by atoms with Gasteiger partial charge in [0.1, 0.15) is 10.8 Å². The molecule has 1 aromatic heterocycles. The number of carbonyl (C=O) groups excluding carboxylic acids is 1. The van der Waals surface area contributed by atoms with Gasteiger partial charge in [-0.15, -0.1) is 23.7 Å². The first-order valence-corrected chi connectivity index (χ1v) is 8.10. The summed E-state index contributed by atoms with van der Waals surface area (Å²) in [6.07, 6.45) is 0. The molecule has 0 aliphatic carbocycles. The molecule has 1 aliphatic rings. The molecule has 2 heterocycles. The van der Waals surface area contributed by atoms with Crippen molar-refractivity contribution in [1.29, 1.82) is 0 Å². The van der Waals surface area contributed by atoms with Crippen molar-refractivity contribution in [3.63, 3.8) is 0 Å². The van der Waals surface area contributed by atoms with Crippen LogP contribution in [-0.2, 0) is 4.79 Å². The third kappa shape index (κ3) is 3.88. The topological polar surface area (TPSA) is 54.0 Å². The van der Waals surface area contributed by atoms with Gasteiger partial charge in [0.05, 0.1) is 22.5 Å². The lowest BCUT2D eigenvalue weighted by atomic mass is 10.0. The largest absolute Gasteiger partial charge is 0.348 e. The predicted molar refractivity (Wildman–Crippen MR) is 92.4 cm³/mol. The van der Waals surface area contributed by atoms with Crippen LogP contribution in [0, 0.1) is 18.7 Å². The third-order valence-electron chi connectivity index (χ3n) is 3.83. The van der Waals surface area contributed by atoms with Gasteiger partial charge in [-0.1, -0.05) is 0 Å². The molecule has 124 valence electrons. The highest BCUT2D eigenvalue weighted by molar-refractivity contribution is 7.15. The second-order valence-electron chi connectivity index (χ2n) is 5.56. The first-order chi connectivity index (χ1) is 10.5. The Morgan fingerprint density at radius 2 is 2.04 bits per heavy atom. The molecular weight excluding hydrogens is 337 g/mol. The van der Waals surface area contributed by atoms with E-state index in [1.807, 2.05) is 13.8 Å². The van der Waals surface area contributed by atoms with Crippen molar-refractivity contribution in [3.05, 3.63) is 40.7 Å². The molecule has 0 spiro atoms. The Balaban J connectivity index is 0.00000192. The number of nitrogens with one attached hydrogen (secondary N) is 2. The van der Waals surface area contributed by atoms with Crippen LogP contribution in [0.25, 0.3) is 10.6 Å². The lowest BCUT2D eigenvalue weighted by molar-refractivity contribution is -0.127. The number of carbonyl (C=O) groups is 1. The molecule has 1 amide bonds. The minimum Gasteiger partial charge on any atom is -0.348 e. The number of halogens is 2. The van der Waals surface area contributed by atoms with Crippen molar-refractivity contribution in [3.8, 4) is 10.6 Å². The molecule has 1 aromatic carbocycles. The molecule has 2 N–H and O–H groups in total. The summed E-state index contributed by atoms with van der Waals surface area (Å²) in [5.41, 5.74) is 1.80. The van der Waals surface area contributed by atoms with E-state index in [1.54, 1.807) is 23.5 Å². The van der Waals surface area contributed by atoms with Gasteiger partial charge in [-0.2, -0.15) is 0 Å². The molecule has 0 saturated carbocycles. The van der Waals surface area contributed by atoms with Gasteiger partial charge in [0, 0.05) is 18.7 Å². The van der Waals surface area contributed by atoms with E-state index in [9.17, 15) is 9.18 Å². The highest BCUT2D eigenvalue weighted by Gasteiger charge is 2.27. The average molecular weight is 356 g/mol. The summed E-state index contributed by atoms with van der Waals surface area (Å²) in [6.45, 7) is 5.41. The van der Waals surface area contributed by atoms with E-state index >= 15 is 0 Å². The van der Waals surface area contributed by atoms with Crippen LogP contribution in [-0.4, -0.2) is 24.0 Å². The van der Waals surface area contributed by atoms with Crippen molar-refractivity contribution in [2.24, 2.45) is 5.92 Å². The van der Waals surface area contributed by atoms with Crippen molar-refractivity contribution in [2.45, 2.75) is 19.9 Å². The second-order valence-corrected chi connectivity index (χ2v) is 6.59. The zero-order valence-corrected chi connectivity index (χ0v) is 14.6. The molecule has 0 radical (unpaired) electrons. The van der Waals surface area contributed by atoms with Gasteiger partial charge < -0.3 is 10.6 Å². The summed E-state index contributed by atoms with van der Waals surface area (Å²) in [7, 11) is 0. The normalized spacial score (nSPS) is 15.4. The Kier molecular flexibility index (Phi) is 5.73. The average Bonchev–Trinajstić information content (AvgIpc) is 2.79. The molecule has 2 aromatic rings. The quantitative estimate of drug-likeness (QED) is 0.886. The first-order valence-electron chi connectivity index (χ1n) is 7.29. The number of nitrogens with zero attached hydrogens (tertiary/aromatic N) is 1. The van der Waals surface area contributed by atoms with Gasteiger partial charge in [-0.05, 0) is 38.1 Å². The summed E-state index contributed by atoms with van der Waals surface area (Å²) in [4.78, 5) is 17.6. The van der Waals surface area contributed by atoms with Crippen LogP contribution in [0.2, 0.25) is 0 Å². The number of amides is 1. The summed E-state index contributed by atoms with van der Waals surface area (Å²) in [5.74, 6) is -0.0957. The Labute approximate surface area is 144 Å². The predicted octanol–water partition coefficient (Wildman–Crippen LogP) is 3.08. The van der Waals surface area contributed by atoms with E-state index in [0.29, 0.717) is 0 Å². The minimum atomic E-state index is -0.257. The molecule has 1 atom stereocenters. The maximum atomic E-state index is 13.0. The number of thiazole rings is 1. The molecular formula is C16H19ClFN3OS. The van der Waals surface area contributed by atoms with Crippen LogP contribution < -0.4 is 10.6 Å². The van der Waals surface area contributed by atoms with E-state index < -0.39 is 0 Å². The van der Waals surface area contributed by atoms with Crippen molar-refractivity contribution in [1.82, 2.24) is 15.6 Å². The number of rotatable bonds is 4. The van der Waals surface area contributed by atoms with E-state index in [-0.39, 0.29) is 36.1 Å². The standard InChI is InChI=1S/C16H18FN3OS.ClH/c1-9(19-15(21)12-7-18-8-12)14-10(2)20-16(22-14)11-3-5-13(17)6-4-11;/h3-6,9,12,18H,7-8H2,1-2H3,(H,19,21);1H. The van der Waals surface area contributed by atoms with Gasteiger partial charge >= 0.3 is 0 Å². The molecule has 0 bridgehead atoms. The SMILES string of the molecule is Cc1nc(-c2ccc(F)cc2)sc1C(C)NC(=O)C1CNC1.Cl. The van der Waals surface area contributed by atoms with Gasteiger partial charge in [-0.25, -0.2) is 9.37 Å². The van der Waals surface area contributed by atoms with Gasteiger partial charge in [0.25, 0.3) is 0 Å². The van der Waals surface area contributed by atoms with E-state index in [1.165, 1.54) is 12.1 Å². The monoisotopic (exact) mass is 355 g/mol. The van der Waals surface area contributed by atoms with Crippen molar-refractivity contribution in [2.75, 3.05) is 13.1 Å². The van der Waals surface area contributed by atoms with Crippen LogP contribution in [0.15, 0.2) is 24.3 Å². The van der Waals surface area contributed by atoms with Crippen LogP contribution in [0.5, 0.6) is 0 Å². The van der Waals surface area contributed by atoms with Crippen LogP contribution in [0.1, 0.15) is 23.5 Å². The summed E-state index contributed by atoms with van der Waals surface area (Å²) in [5, 5.41) is 6.99. The summed E-state index contributed by atoms with van der Waals surface area (Å²) in [6, 6.07) is 6.24. The number of hydrogen-bond donors (Lipinski definition) is 2. The van der Waals surface area contributed by atoms with Gasteiger partial charge in [0.2, 0.25) is 5.91 Å². The van der Waals surface area contributed by atoms with Crippen LogP contribution in [0.4, 0.5) is 4.39 Å². The fraction of sp³-hybridized carbons (Fsp3) is 0.375. The third-order valence-corrected chi connectivity index (χ3v) is 5.22. The fourth-order valence-electron chi connectivity index (χ4n) is 2.40. The molecule has 7 heteroatoms. The van der Waals surface area contributed by atoms with E-state index in [0.717, 1.165) is 34.2 Å². The van der Waals surface area contributed by atoms with E-state index in [4.69, 9.17) is 0 Å². The molecule has 1 unspecified atom stereocenters. The molecule has 1 saturated heterocycles. The lowest BCUT2D eigenvalue weighted by Crippen LogP contribution is -2.51. The number of aromatic nitrogens is 1. The van der Waals surface area contributed by atoms with Crippen LogP contribution in [0.3, 0.4) is 0 Å². The number of aryl methyl sites for hydroxylation is 1. The summed E-state index contributed by atoms with van der Waals surface area (Å²) >= 11 is 1.54. The zero-order valence-electron chi connectivity index (χ0n) is 12.9. The zero-order chi connectivity index (χ0) is 15.7. The highest BCUT2D eigenvalue weighted by atomic mass is 35.5. The molecule has 4 nitrogen and oxygen atoms in total. The first kappa shape index (κ1) is 17.8. The maximum Gasteiger partial charge on any atom is 0.226 e. The Bertz CT molecular complexity index is 685. The van der Waals surface area contributed by atoms with Crippen molar-refractivity contribution >= 4 is 29.7 Å². The number of hydrogen-bond acceptors (Lipinski definition) is 4. The lowest BCUT2D eigenvalue weighted by Gasteiger charge is -2.27. The second kappa shape index (κ2) is 7.38. The molecule has 23 heavy (non-hydrogen) atoms. The van der Waals surface area contributed by atoms with E-state index in [2.05, 4.69) is 15.6 Å². The highest BCUT2D eigenvalue weighted by Crippen LogP contribution is 2.32. The maximum absolute atomic E-state index is 13.0. The Morgan fingerprint density at radius 1 is 1.39 bits per heavy atom. The molecule has 1 fully saturated rings. The van der Waals surface area contributed by atoms with Gasteiger partial charge in [0.15, 0.2) is 0 Å².